The first-order chi connectivity index (χ1) is 17.6. The predicted octanol–water partition coefficient (Wildman–Crippen LogP) is 3.23. The van der Waals surface area contributed by atoms with Crippen LogP contribution in [0.3, 0.4) is 0 Å². The van der Waals surface area contributed by atoms with Gasteiger partial charge in [-0.1, -0.05) is 34.6 Å². The number of rotatable bonds is 3. The van der Waals surface area contributed by atoms with Crippen LogP contribution in [0, 0.1) is 28.6 Å². The number of hydrogen-bond acceptors (Lipinski definition) is 9. The van der Waals surface area contributed by atoms with Crippen LogP contribution in [-0.2, 0) is 23.8 Å². The van der Waals surface area contributed by atoms with Crippen molar-refractivity contribution >= 4 is 17.7 Å². The second-order valence-corrected chi connectivity index (χ2v) is 12.5. The van der Waals surface area contributed by atoms with Gasteiger partial charge >= 0.3 is 11.9 Å². The fourth-order valence-corrected chi connectivity index (χ4v) is 8.27. The van der Waals surface area contributed by atoms with E-state index in [0.29, 0.717) is 17.6 Å². The van der Waals surface area contributed by atoms with E-state index < -0.39 is 64.1 Å². The molecular weight excluding hydrogens is 492 g/mol. The number of carbonyl (C=O) groups is 3. The molecular formula is C29H38O9. The number of hydrogen-bond donors (Lipinski definition) is 2. The van der Waals surface area contributed by atoms with Gasteiger partial charge in [0.05, 0.1) is 24.9 Å². The number of ether oxygens (including phenoxy) is 3. The van der Waals surface area contributed by atoms with Crippen LogP contribution in [-0.4, -0.2) is 64.1 Å². The van der Waals surface area contributed by atoms with Gasteiger partial charge in [0.2, 0.25) is 5.76 Å². The maximum atomic E-state index is 14.6. The lowest BCUT2D eigenvalue weighted by molar-refractivity contribution is -0.339. The summed E-state index contributed by atoms with van der Waals surface area (Å²) in [4.78, 5) is 40.6. The average Bonchev–Trinajstić information content (AvgIpc) is 3.37. The van der Waals surface area contributed by atoms with E-state index in [0.717, 1.165) is 0 Å². The second kappa shape index (κ2) is 8.50. The van der Waals surface area contributed by atoms with Crippen molar-refractivity contribution in [2.45, 2.75) is 90.8 Å². The molecule has 4 aliphatic rings. The molecule has 1 aromatic rings. The van der Waals surface area contributed by atoms with E-state index in [1.807, 2.05) is 34.6 Å². The third-order valence-corrected chi connectivity index (χ3v) is 10.4. The minimum Gasteiger partial charge on any atom is -0.457 e. The van der Waals surface area contributed by atoms with Crippen LogP contribution in [0.25, 0.3) is 0 Å². The Morgan fingerprint density at radius 1 is 1.18 bits per heavy atom. The molecule has 9 nitrogen and oxygen atoms in total. The molecule has 9 heteroatoms. The molecule has 0 radical (unpaired) electrons. The molecule has 0 aromatic carbocycles. The van der Waals surface area contributed by atoms with E-state index in [9.17, 15) is 24.6 Å². The standard InChI is InChI=1S/C29H38O9/c1-14-11-20-28(13-36-20,38-17(4)30)22-24(37-25(33)19-9-8-10-35-19)29(34)12-18(31)15(2)21(26(29,5)6)16(3)23(32)27(14,22)7/h8-10,14,16,18,20,22,24,31,34H,11-13H2,1-7H3/t14-,16+,18-,20+,22?,24?,27+,28-,29+/m0/s1. The van der Waals surface area contributed by atoms with Gasteiger partial charge < -0.3 is 28.8 Å². The van der Waals surface area contributed by atoms with Gasteiger partial charge in [-0.3, -0.25) is 9.59 Å². The molecule has 5 rings (SSSR count). The van der Waals surface area contributed by atoms with Gasteiger partial charge in [-0.25, -0.2) is 4.79 Å². The Hall–Kier alpha value is -2.49. The third-order valence-electron chi connectivity index (χ3n) is 10.4. The Labute approximate surface area is 222 Å². The number of carbonyl (C=O) groups excluding carboxylic acids is 3. The number of esters is 2. The molecule has 0 spiro atoms. The molecule has 1 aliphatic heterocycles. The highest BCUT2D eigenvalue weighted by atomic mass is 16.6. The Bertz CT molecular complexity index is 1200. The Balaban J connectivity index is 1.82. The minimum atomic E-state index is -1.82. The van der Waals surface area contributed by atoms with Gasteiger partial charge in [0.15, 0.2) is 5.60 Å². The van der Waals surface area contributed by atoms with Crippen molar-refractivity contribution in [1.82, 2.24) is 0 Å². The van der Waals surface area contributed by atoms with Gasteiger partial charge in [-0.2, -0.15) is 0 Å². The summed E-state index contributed by atoms with van der Waals surface area (Å²) in [5.41, 5.74) is -4.10. The van der Waals surface area contributed by atoms with Crippen molar-refractivity contribution < 1.29 is 43.2 Å². The second-order valence-electron chi connectivity index (χ2n) is 12.5. The van der Waals surface area contributed by atoms with Gasteiger partial charge in [0.1, 0.15) is 23.6 Å². The fraction of sp³-hybridized carbons (Fsp3) is 0.690. The van der Waals surface area contributed by atoms with E-state index in [1.54, 1.807) is 13.0 Å². The fourth-order valence-electron chi connectivity index (χ4n) is 8.27. The number of Topliss-reactive ketones (excluding diaryl/α,β-unsaturated/α-hetero) is 1. The molecule has 3 fully saturated rings. The van der Waals surface area contributed by atoms with E-state index in [2.05, 4.69) is 0 Å². The maximum absolute atomic E-state index is 14.6. The lowest BCUT2D eigenvalue weighted by atomic mass is 9.42. The van der Waals surface area contributed by atoms with Crippen molar-refractivity contribution in [2.75, 3.05) is 6.61 Å². The number of aliphatic hydroxyl groups is 2. The summed E-state index contributed by atoms with van der Waals surface area (Å²) >= 11 is 0. The normalized spacial score (nSPS) is 43.7. The maximum Gasteiger partial charge on any atom is 0.374 e. The van der Waals surface area contributed by atoms with Crippen LogP contribution in [0.2, 0.25) is 0 Å². The number of ketones is 1. The van der Waals surface area contributed by atoms with Crippen LogP contribution >= 0.6 is 0 Å². The first-order valence-electron chi connectivity index (χ1n) is 13.3. The monoisotopic (exact) mass is 530 g/mol. The van der Waals surface area contributed by atoms with Crippen molar-refractivity contribution in [3.05, 3.63) is 35.3 Å². The lowest BCUT2D eigenvalue weighted by Gasteiger charge is -2.68. The highest BCUT2D eigenvalue weighted by molar-refractivity contribution is 5.91. The third kappa shape index (κ3) is 3.31. The largest absolute Gasteiger partial charge is 0.457 e. The van der Waals surface area contributed by atoms with Gasteiger partial charge in [0, 0.05) is 30.1 Å². The van der Waals surface area contributed by atoms with E-state index in [-0.39, 0.29) is 30.5 Å². The zero-order chi connectivity index (χ0) is 28.0. The molecule has 9 atom stereocenters. The molecule has 208 valence electrons. The van der Waals surface area contributed by atoms with E-state index in [1.165, 1.54) is 19.3 Å². The highest BCUT2D eigenvalue weighted by Crippen LogP contribution is 2.66. The number of aliphatic hydroxyl groups excluding tert-OH is 1. The summed E-state index contributed by atoms with van der Waals surface area (Å²) in [7, 11) is 0. The summed E-state index contributed by atoms with van der Waals surface area (Å²) in [6.45, 7) is 12.3. The van der Waals surface area contributed by atoms with Crippen molar-refractivity contribution in [3.8, 4) is 0 Å². The minimum absolute atomic E-state index is 0.00146. The van der Waals surface area contributed by atoms with Crippen LogP contribution < -0.4 is 0 Å². The molecule has 3 aliphatic carbocycles. The highest BCUT2D eigenvalue weighted by Gasteiger charge is 2.76. The summed E-state index contributed by atoms with van der Waals surface area (Å²) in [5.74, 6) is -3.39. The molecule has 2 N–H and O–H groups in total. The number of fused-ring (bicyclic) bond motifs is 5. The first kappa shape index (κ1) is 27.1. The number of furan rings is 1. The Kier molecular flexibility index (Phi) is 6.06. The Morgan fingerprint density at radius 3 is 2.42 bits per heavy atom. The summed E-state index contributed by atoms with van der Waals surface area (Å²) in [5, 5.41) is 23.9. The summed E-state index contributed by atoms with van der Waals surface area (Å²) in [6, 6.07) is 3.01. The average molecular weight is 531 g/mol. The molecule has 1 aromatic heterocycles. The molecule has 2 heterocycles. The van der Waals surface area contributed by atoms with E-state index in [4.69, 9.17) is 18.6 Å². The zero-order valence-corrected chi connectivity index (χ0v) is 23.1. The molecule has 1 saturated heterocycles. The molecule has 0 amide bonds. The SMILES string of the molecule is CC(=O)O[C@@]12CO[C@@H]1C[C@H](C)[C@@]1(C)C(=O)[C@H](C)C3=C(C)[C@@H](O)C[C@@](O)(C(OC(=O)c4ccco4)C12)C3(C)C. The Morgan fingerprint density at radius 2 is 1.87 bits per heavy atom. The van der Waals surface area contributed by atoms with Crippen molar-refractivity contribution in [2.24, 2.45) is 28.6 Å². The first-order valence-corrected chi connectivity index (χ1v) is 13.3. The summed E-state index contributed by atoms with van der Waals surface area (Å²) in [6.07, 6.45) is -1.27. The van der Waals surface area contributed by atoms with Gasteiger partial charge in [0.25, 0.3) is 0 Å². The molecule has 2 bridgehead atoms. The van der Waals surface area contributed by atoms with Gasteiger partial charge in [-0.05, 0) is 42.5 Å². The van der Waals surface area contributed by atoms with Crippen LogP contribution in [0.5, 0.6) is 0 Å². The van der Waals surface area contributed by atoms with Gasteiger partial charge in [-0.15, -0.1) is 0 Å². The predicted molar refractivity (Wildman–Crippen MR) is 134 cm³/mol. The lowest BCUT2D eigenvalue weighted by Crippen LogP contribution is -2.80. The summed E-state index contributed by atoms with van der Waals surface area (Å²) < 4.78 is 23.4. The van der Waals surface area contributed by atoms with Crippen LogP contribution in [0.15, 0.2) is 34.0 Å². The van der Waals surface area contributed by atoms with Crippen molar-refractivity contribution in [3.63, 3.8) is 0 Å². The molecule has 2 saturated carbocycles. The topological polar surface area (TPSA) is 132 Å². The smallest absolute Gasteiger partial charge is 0.374 e. The quantitative estimate of drug-likeness (QED) is 0.446. The van der Waals surface area contributed by atoms with E-state index >= 15 is 0 Å². The van der Waals surface area contributed by atoms with Crippen molar-refractivity contribution in [1.29, 1.82) is 0 Å². The van der Waals surface area contributed by atoms with Crippen LogP contribution in [0.1, 0.15) is 71.9 Å². The van der Waals surface area contributed by atoms with Crippen LogP contribution in [0.4, 0.5) is 0 Å². The molecule has 2 unspecified atom stereocenters. The molecule has 38 heavy (non-hydrogen) atoms. The zero-order valence-electron chi connectivity index (χ0n) is 23.1.